The van der Waals surface area contributed by atoms with E-state index in [1.54, 1.807) is 0 Å². The van der Waals surface area contributed by atoms with Gasteiger partial charge in [-0.05, 0) is 53.6 Å². The Hall–Kier alpha value is -2.29. The summed E-state index contributed by atoms with van der Waals surface area (Å²) in [5.41, 5.74) is 5.83. The summed E-state index contributed by atoms with van der Waals surface area (Å²) in [6.45, 7) is 1.56. The smallest absolute Gasteiger partial charge is 0.251 e. The van der Waals surface area contributed by atoms with Gasteiger partial charge < -0.3 is 10.6 Å². The van der Waals surface area contributed by atoms with Gasteiger partial charge in [0.25, 0.3) is 5.91 Å². The molecule has 0 unspecified atom stereocenters. The van der Waals surface area contributed by atoms with Crippen molar-refractivity contribution < 1.29 is 4.79 Å². The van der Waals surface area contributed by atoms with Crippen LogP contribution in [0.15, 0.2) is 42.5 Å². The second kappa shape index (κ2) is 6.68. The van der Waals surface area contributed by atoms with Crippen molar-refractivity contribution in [3.63, 3.8) is 0 Å². The zero-order valence-electron chi connectivity index (χ0n) is 14.0. The molecule has 4 rings (SSSR count). The van der Waals surface area contributed by atoms with E-state index in [-0.39, 0.29) is 5.91 Å². The number of carbonyl (C=O) groups excluding carboxylic acids is 1. The molecule has 0 saturated heterocycles. The molecule has 24 heavy (non-hydrogen) atoms. The van der Waals surface area contributed by atoms with E-state index in [0.717, 1.165) is 42.2 Å². The predicted molar refractivity (Wildman–Crippen MR) is 97.3 cm³/mol. The summed E-state index contributed by atoms with van der Waals surface area (Å²) in [7, 11) is 0. The van der Waals surface area contributed by atoms with Gasteiger partial charge in [0.1, 0.15) is 0 Å². The van der Waals surface area contributed by atoms with Crippen molar-refractivity contribution in [2.45, 2.75) is 38.6 Å². The molecule has 3 heteroatoms. The first-order valence-electron chi connectivity index (χ1n) is 9.01. The maximum atomic E-state index is 11.8. The summed E-state index contributed by atoms with van der Waals surface area (Å²) in [6, 6.07) is 15.0. The third-order valence-electron chi connectivity index (χ3n) is 5.27. The predicted octanol–water partition coefficient (Wildman–Crippen LogP) is 3.93. The van der Waals surface area contributed by atoms with Gasteiger partial charge in [0.2, 0.25) is 0 Å². The average molecular weight is 320 g/mol. The second-order valence-electron chi connectivity index (χ2n) is 7.05. The van der Waals surface area contributed by atoms with E-state index in [0.29, 0.717) is 0 Å². The van der Waals surface area contributed by atoms with Gasteiger partial charge >= 0.3 is 0 Å². The van der Waals surface area contributed by atoms with Crippen LogP contribution in [-0.4, -0.2) is 12.5 Å². The Balaban J connectivity index is 1.41. The largest absolute Gasteiger partial charge is 0.381 e. The summed E-state index contributed by atoms with van der Waals surface area (Å²) >= 11 is 0. The molecule has 0 aromatic heterocycles. The molecule has 2 aromatic carbocycles. The molecule has 2 aliphatic rings. The summed E-state index contributed by atoms with van der Waals surface area (Å²) in [4.78, 5) is 11.8. The lowest BCUT2D eigenvalue weighted by Crippen LogP contribution is -2.31. The molecule has 0 spiro atoms. The number of nitrogens with one attached hydrogen (secondary N) is 2. The fourth-order valence-electron chi connectivity index (χ4n) is 3.64. The van der Waals surface area contributed by atoms with Gasteiger partial charge in [-0.25, -0.2) is 0 Å². The van der Waals surface area contributed by atoms with Gasteiger partial charge in [0.15, 0.2) is 0 Å². The monoisotopic (exact) mass is 320 g/mol. The number of fused-ring (bicyclic) bond motifs is 1. The topological polar surface area (TPSA) is 41.1 Å². The zero-order chi connectivity index (χ0) is 16.4. The minimum absolute atomic E-state index is 0.0477. The van der Waals surface area contributed by atoms with Gasteiger partial charge in [0, 0.05) is 24.3 Å². The van der Waals surface area contributed by atoms with E-state index in [2.05, 4.69) is 41.0 Å². The quantitative estimate of drug-likeness (QED) is 0.876. The minimum atomic E-state index is 0.0477. The summed E-state index contributed by atoms with van der Waals surface area (Å²) in [5.74, 6) is 0.950. The van der Waals surface area contributed by atoms with Crippen molar-refractivity contribution >= 4 is 11.6 Å². The molecule has 2 aromatic rings. The average Bonchev–Trinajstić information content (AvgIpc) is 2.57. The Morgan fingerprint density at radius 2 is 1.96 bits per heavy atom. The zero-order valence-corrected chi connectivity index (χ0v) is 14.0. The normalized spacial score (nSPS) is 16.9. The number of rotatable bonds is 5. The molecule has 1 amide bonds. The SMILES string of the molecule is O=C1NCCc2cc(NCc3cccc(CC4CCC4)c3)ccc21. The standard InChI is InChI=1S/C21H24N2O/c24-21-20-8-7-19(13-18(20)9-10-22-21)23-14-17-6-2-5-16(12-17)11-15-3-1-4-15/h2,5-8,12-13,15,23H,1,3-4,9-11,14H2,(H,22,24). The van der Waals surface area contributed by atoms with Crippen LogP contribution in [0.4, 0.5) is 5.69 Å². The molecular weight excluding hydrogens is 296 g/mol. The van der Waals surface area contributed by atoms with Gasteiger partial charge in [-0.2, -0.15) is 0 Å². The Labute approximate surface area is 143 Å². The van der Waals surface area contributed by atoms with Crippen LogP contribution < -0.4 is 10.6 Å². The van der Waals surface area contributed by atoms with Crippen LogP contribution in [-0.2, 0) is 19.4 Å². The van der Waals surface area contributed by atoms with Gasteiger partial charge in [-0.3, -0.25) is 4.79 Å². The lowest BCUT2D eigenvalue weighted by molar-refractivity contribution is 0.0946. The first-order valence-corrected chi connectivity index (χ1v) is 9.01. The van der Waals surface area contributed by atoms with E-state index < -0.39 is 0 Å². The molecule has 3 nitrogen and oxygen atoms in total. The molecule has 0 radical (unpaired) electrons. The van der Waals surface area contributed by atoms with E-state index in [1.165, 1.54) is 36.8 Å². The first kappa shape index (κ1) is 15.3. The van der Waals surface area contributed by atoms with Crippen LogP contribution in [0, 0.1) is 5.92 Å². The molecule has 124 valence electrons. The van der Waals surface area contributed by atoms with Crippen LogP contribution in [0.1, 0.15) is 46.3 Å². The van der Waals surface area contributed by atoms with Crippen LogP contribution in [0.5, 0.6) is 0 Å². The molecule has 1 fully saturated rings. The highest BCUT2D eigenvalue weighted by Crippen LogP contribution is 2.30. The molecule has 1 saturated carbocycles. The van der Waals surface area contributed by atoms with Gasteiger partial charge in [-0.1, -0.05) is 43.5 Å². The highest BCUT2D eigenvalue weighted by atomic mass is 16.1. The molecule has 1 heterocycles. The Bertz CT molecular complexity index is 749. The van der Waals surface area contributed by atoms with Gasteiger partial charge in [0.05, 0.1) is 0 Å². The second-order valence-corrected chi connectivity index (χ2v) is 7.05. The molecule has 1 aliphatic carbocycles. The number of carbonyl (C=O) groups is 1. The summed E-state index contributed by atoms with van der Waals surface area (Å²) in [5, 5.41) is 6.39. The summed E-state index contributed by atoms with van der Waals surface area (Å²) < 4.78 is 0. The molecule has 0 bridgehead atoms. The molecule has 1 aliphatic heterocycles. The fourth-order valence-corrected chi connectivity index (χ4v) is 3.64. The Kier molecular flexibility index (Phi) is 4.24. The Morgan fingerprint density at radius 3 is 2.79 bits per heavy atom. The number of hydrogen-bond acceptors (Lipinski definition) is 2. The maximum Gasteiger partial charge on any atom is 0.251 e. The molecular formula is C21H24N2O. The Morgan fingerprint density at radius 1 is 1.08 bits per heavy atom. The summed E-state index contributed by atoms with van der Waals surface area (Å²) in [6.07, 6.45) is 6.33. The van der Waals surface area contributed by atoms with Crippen LogP contribution >= 0.6 is 0 Å². The van der Waals surface area contributed by atoms with Crippen molar-refractivity contribution in [1.29, 1.82) is 0 Å². The fraction of sp³-hybridized carbons (Fsp3) is 0.381. The van der Waals surface area contributed by atoms with Crippen molar-refractivity contribution in [2.24, 2.45) is 5.92 Å². The number of anilines is 1. The lowest BCUT2D eigenvalue weighted by atomic mass is 9.81. The van der Waals surface area contributed by atoms with Crippen molar-refractivity contribution in [1.82, 2.24) is 5.32 Å². The van der Waals surface area contributed by atoms with Crippen molar-refractivity contribution in [2.75, 3.05) is 11.9 Å². The third kappa shape index (κ3) is 3.30. The highest BCUT2D eigenvalue weighted by molar-refractivity contribution is 5.97. The van der Waals surface area contributed by atoms with Crippen molar-refractivity contribution in [3.8, 4) is 0 Å². The number of benzene rings is 2. The number of hydrogen-bond donors (Lipinski definition) is 2. The molecule has 2 N–H and O–H groups in total. The van der Waals surface area contributed by atoms with Crippen LogP contribution in [0.3, 0.4) is 0 Å². The highest BCUT2D eigenvalue weighted by Gasteiger charge is 2.18. The van der Waals surface area contributed by atoms with E-state index in [9.17, 15) is 4.79 Å². The lowest BCUT2D eigenvalue weighted by Gasteiger charge is -2.25. The maximum absolute atomic E-state index is 11.8. The minimum Gasteiger partial charge on any atom is -0.381 e. The van der Waals surface area contributed by atoms with Crippen molar-refractivity contribution in [3.05, 3.63) is 64.7 Å². The number of amides is 1. The van der Waals surface area contributed by atoms with Crippen LogP contribution in [0.25, 0.3) is 0 Å². The molecule has 0 atom stereocenters. The van der Waals surface area contributed by atoms with E-state index in [4.69, 9.17) is 0 Å². The van der Waals surface area contributed by atoms with Crippen LogP contribution in [0.2, 0.25) is 0 Å². The first-order chi connectivity index (χ1) is 11.8. The van der Waals surface area contributed by atoms with E-state index in [1.807, 2.05) is 12.1 Å². The van der Waals surface area contributed by atoms with E-state index >= 15 is 0 Å². The van der Waals surface area contributed by atoms with Gasteiger partial charge in [-0.15, -0.1) is 0 Å². The third-order valence-corrected chi connectivity index (χ3v) is 5.27.